The van der Waals surface area contributed by atoms with Gasteiger partial charge in [0.1, 0.15) is 0 Å². The van der Waals surface area contributed by atoms with Gasteiger partial charge in [0.15, 0.2) is 0 Å². The van der Waals surface area contributed by atoms with Crippen molar-refractivity contribution in [2.75, 3.05) is 37.7 Å². The molecule has 0 aliphatic carbocycles. The van der Waals surface area contributed by atoms with Gasteiger partial charge < -0.3 is 10.5 Å². The van der Waals surface area contributed by atoms with Crippen LogP contribution in [0.3, 0.4) is 0 Å². The molecule has 2 rings (SSSR count). The van der Waals surface area contributed by atoms with Crippen molar-refractivity contribution in [1.29, 1.82) is 0 Å². The third-order valence-electron chi connectivity index (χ3n) is 4.19. The van der Waals surface area contributed by atoms with Crippen LogP contribution in [0.15, 0.2) is 0 Å². The Bertz CT molecular complexity index is 234. The Hall–Kier alpha value is 0.230. The monoisotopic (exact) mass is 272 g/mol. The summed E-state index contributed by atoms with van der Waals surface area (Å²) in [6.45, 7) is 6.22. The van der Waals surface area contributed by atoms with Crippen molar-refractivity contribution in [3.63, 3.8) is 0 Å². The molecular weight excluding hydrogens is 244 g/mol. The summed E-state index contributed by atoms with van der Waals surface area (Å²) in [5.74, 6) is 3.44. The van der Waals surface area contributed by atoms with E-state index in [-0.39, 0.29) is 0 Å². The van der Waals surface area contributed by atoms with Gasteiger partial charge in [-0.3, -0.25) is 4.90 Å². The van der Waals surface area contributed by atoms with Crippen LogP contribution < -0.4 is 5.73 Å². The molecular formula is C14H28N2OS. The maximum atomic E-state index is 6.04. The van der Waals surface area contributed by atoms with Crippen LogP contribution in [0, 0.1) is 5.92 Å². The van der Waals surface area contributed by atoms with Crippen molar-refractivity contribution < 1.29 is 4.74 Å². The Morgan fingerprint density at radius 1 is 1.44 bits per heavy atom. The molecule has 3 atom stereocenters. The Morgan fingerprint density at radius 3 is 3.00 bits per heavy atom. The summed E-state index contributed by atoms with van der Waals surface area (Å²) in [6, 6.07) is 0.591. The number of rotatable bonds is 6. The molecule has 106 valence electrons. The summed E-state index contributed by atoms with van der Waals surface area (Å²) < 4.78 is 5.93. The molecule has 0 aromatic heterocycles. The van der Waals surface area contributed by atoms with Gasteiger partial charge in [-0.25, -0.2) is 0 Å². The van der Waals surface area contributed by atoms with Gasteiger partial charge in [-0.2, -0.15) is 11.8 Å². The minimum Gasteiger partial charge on any atom is -0.377 e. The van der Waals surface area contributed by atoms with E-state index in [0.29, 0.717) is 12.1 Å². The van der Waals surface area contributed by atoms with Gasteiger partial charge in [-0.15, -0.1) is 0 Å². The Morgan fingerprint density at radius 2 is 2.33 bits per heavy atom. The van der Waals surface area contributed by atoms with Gasteiger partial charge in [-0.1, -0.05) is 6.92 Å². The third kappa shape index (κ3) is 3.86. The number of hydrogen-bond donors (Lipinski definition) is 1. The highest BCUT2D eigenvalue weighted by Gasteiger charge is 2.32. The lowest BCUT2D eigenvalue weighted by Crippen LogP contribution is -2.51. The first-order chi connectivity index (χ1) is 8.85. The molecule has 2 aliphatic rings. The highest BCUT2D eigenvalue weighted by Crippen LogP contribution is 2.30. The molecule has 0 amide bonds. The second-order valence-electron chi connectivity index (χ2n) is 5.56. The van der Waals surface area contributed by atoms with E-state index < -0.39 is 0 Å². The fraction of sp³-hybridized carbons (Fsp3) is 1.00. The zero-order valence-corrected chi connectivity index (χ0v) is 12.5. The normalized spacial score (nSPS) is 31.7. The van der Waals surface area contributed by atoms with Crippen LogP contribution >= 0.6 is 11.8 Å². The average molecular weight is 272 g/mol. The first-order valence-electron chi connectivity index (χ1n) is 7.48. The van der Waals surface area contributed by atoms with Gasteiger partial charge in [0.2, 0.25) is 0 Å². The van der Waals surface area contributed by atoms with E-state index >= 15 is 0 Å². The lowest BCUT2D eigenvalue weighted by Gasteiger charge is -2.40. The summed E-state index contributed by atoms with van der Waals surface area (Å²) in [5, 5.41) is 0. The van der Waals surface area contributed by atoms with Gasteiger partial charge in [-0.05, 0) is 49.7 Å². The van der Waals surface area contributed by atoms with Gasteiger partial charge in [0.05, 0.1) is 6.10 Å². The largest absolute Gasteiger partial charge is 0.377 e. The minimum absolute atomic E-state index is 0.446. The topological polar surface area (TPSA) is 38.5 Å². The fourth-order valence-electron chi connectivity index (χ4n) is 3.18. The number of nitrogens with zero attached hydrogens (tertiary/aromatic N) is 1. The van der Waals surface area contributed by atoms with E-state index in [2.05, 4.69) is 23.6 Å². The summed E-state index contributed by atoms with van der Waals surface area (Å²) in [6.07, 6.45) is 5.42. The van der Waals surface area contributed by atoms with Crippen molar-refractivity contribution in [2.24, 2.45) is 11.7 Å². The van der Waals surface area contributed by atoms with Gasteiger partial charge in [0, 0.05) is 25.7 Å². The maximum Gasteiger partial charge on any atom is 0.0702 e. The lowest BCUT2D eigenvalue weighted by atomic mass is 9.95. The predicted octanol–water partition coefficient (Wildman–Crippen LogP) is 1.96. The molecule has 2 fully saturated rings. The van der Waals surface area contributed by atoms with E-state index in [9.17, 15) is 0 Å². The zero-order valence-electron chi connectivity index (χ0n) is 11.6. The number of piperidine rings is 1. The van der Waals surface area contributed by atoms with E-state index in [1.165, 1.54) is 37.3 Å². The molecule has 3 unspecified atom stereocenters. The molecule has 2 saturated heterocycles. The molecule has 0 aromatic carbocycles. The first-order valence-corrected chi connectivity index (χ1v) is 8.64. The number of hydrogen-bond acceptors (Lipinski definition) is 4. The molecule has 0 spiro atoms. The quantitative estimate of drug-likeness (QED) is 0.802. The van der Waals surface area contributed by atoms with Crippen molar-refractivity contribution in [2.45, 2.75) is 44.8 Å². The Labute approximate surface area is 116 Å². The average Bonchev–Trinajstić information content (AvgIpc) is 2.92. The molecule has 0 radical (unpaired) electrons. The molecule has 0 saturated carbocycles. The fourth-order valence-corrected chi connectivity index (χ4v) is 4.51. The van der Waals surface area contributed by atoms with Gasteiger partial charge in [0.25, 0.3) is 0 Å². The van der Waals surface area contributed by atoms with Crippen LogP contribution in [0.4, 0.5) is 0 Å². The summed E-state index contributed by atoms with van der Waals surface area (Å²) in [4.78, 5) is 2.61. The number of likely N-dealkylation sites (tertiary alicyclic amines) is 1. The Kier molecular flexibility index (Phi) is 6.29. The van der Waals surface area contributed by atoms with E-state index in [0.717, 1.165) is 32.0 Å². The van der Waals surface area contributed by atoms with Crippen LogP contribution in [0.2, 0.25) is 0 Å². The molecule has 18 heavy (non-hydrogen) atoms. The Balaban J connectivity index is 1.85. The number of ether oxygens (including phenoxy) is 1. The molecule has 0 aromatic rings. The van der Waals surface area contributed by atoms with Crippen LogP contribution in [-0.4, -0.2) is 54.8 Å². The molecule has 0 bridgehead atoms. The second-order valence-corrected chi connectivity index (χ2v) is 6.71. The molecule has 2 aliphatic heterocycles. The van der Waals surface area contributed by atoms with Crippen molar-refractivity contribution >= 4 is 11.8 Å². The maximum absolute atomic E-state index is 6.04. The van der Waals surface area contributed by atoms with Crippen LogP contribution in [0.25, 0.3) is 0 Å². The number of thioether (sulfide) groups is 1. The minimum atomic E-state index is 0.446. The zero-order chi connectivity index (χ0) is 12.8. The molecule has 4 heteroatoms. The highest BCUT2D eigenvalue weighted by molar-refractivity contribution is 7.99. The molecule has 3 nitrogen and oxygen atoms in total. The first kappa shape index (κ1) is 14.6. The summed E-state index contributed by atoms with van der Waals surface area (Å²) in [5.41, 5.74) is 6.04. The summed E-state index contributed by atoms with van der Waals surface area (Å²) >= 11 is 2.09. The van der Waals surface area contributed by atoms with E-state index in [4.69, 9.17) is 10.5 Å². The highest BCUT2D eigenvalue weighted by atomic mass is 32.2. The van der Waals surface area contributed by atoms with Crippen LogP contribution in [-0.2, 0) is 4.74 Å². The van der Waals surface area contributed by atoms with Gasteiger partial charge >= 0.3 is 0 Å². The number of nitrogens with two attached hydrogens (primary N) is 1. The second kappa shape index (κ2) is 7.73. The van der Waals surface area contributed by atoms with Crippen molar-refractivity contribution in [1.82, 2.24) is 4.90 Å². The van der Waals surface area contributed by atoms with Crippen molar-refractivity contribution in [3.05, 3.63) is 0 Å². The van der Waals surface area contributed by atoms with E-state index in [1.807, 2.05) is 0 Å². The molecule has 2 N–H and O–H groups in total. The van der Waals surface area contributed by atoms with Crippen molar-refractivity contribution in [3.8, 4) is 0 Å². The standard InChI is InChI=1S/C14H28N2OS/c1-2-7-17-13-4-3-6-16(10-13)14(9-15)12-5-8-18-11-12/h12-14H,2-11,15H2,1H3. The summed E-state index contributed by atoms with van der Waals surface area (Å²) in [7, 11) is 0. The van der Waals surface area contributed by atoms with Crippen LogP contribution in [0.1, 0.15) is 32.6 Å². The molecule has 2 heterocycles. The SMILES string of the molecule is CCCOC1CCCN(C(CN)C2CCSC2)C1. The third-order valence-corrected chi connectivity index (χ3v) is 5.38. The van der Waals surface area contributed by atoms with E-state index in [1.54, 1.807) is 0 Å². The predicted molar refractivity (Wildman–Crippen MR) is 79.1 cm³/mol. The van der Waals surface area contributed by atoms with Crippen LogP contribution in [0.5, 0.6) is 0 Å². The smallest absolute Gasteiger partial charge is 0.0702 e. The lowest BCUT2D eigenvalue weighted by molar-refractivity contribution is -0.0179.